The molecule has 1 unspecified atom stereocenters. The van der Waals surface area contributed by atoms with E-state index in [-0.39, 0.29) is 11.5 Å². The van der Waals surface area contributed by atoms with Gasteiger partial charge in [-0.15, -0.1) is 11.3 Å². The van der Waals surface area contributed by atoms with E-state index in [1.807, 2.05) is 19.1 Å². The number of carbonyl (C=O) groups excluding carboxylic acids is 1. The number of hydrogen-bond acceptors (Lipinski definition) is 3. The zero-order valence-electron chi connectivity index (χ0n) is 9.82. The predicted octanol–water partition coefficient (Wildman–Crippen LogP) is 3.18. The summed E-state index contributed by atoms with van der Waals surface area (Å²) in [6.45, 7) is 4.09. The molecule has 0 saturated carbocycles. The number of aryl methyl sites for hydroxylation is 1. The molecule has 90 valence electrons. The summed E-state index contributed by atoms with van der Waals surface area (Å²) in [5.41, 5.74) is 0. The molecule has 1 aromatic heterocycles. The van der Waals surface area contributed by atoms with Crippen LogP contribution in [0.1, 0.15) is 40.7 Å². The second kappa shape index (κ2) is 6.97. The molecular formula is C12H18O2S2. The predicted molar refractivity (Wildman–Crippen MR) is 70.8 cm³/mol. The number of rotatable bonds is 7. The molecule has 0 saturated heterocycles. The van der Waals surface area contributed by atoms with Crippen LogP contribution in [0, 0.1) is 6.92 Å². The fourth-order valence-electron chi connectivity index (χ4n) is 1.39. The Kier molecular flexibility index (Phi) is 5.91. The maximum atomic E-state index is 11.7. The van der Waals surface area contributed by atoms with Gasteiger partial charge in [0.15, 0.2) is 5.78 Å². The number of unbranched alkanes of at least 4 members (excludes halogenated alkanes) is 2. The Bertz CT molecular complexity index is 369. The normalized spacial score (nSPS) is 12.6. The molecule has 0 fully saturated rings. The molecule has 16 heavy (non-hydrogen) atoms. The summed E-state index contributed by atoms with van der Waals surface area (Å²) >= 11 is 1.48. The van der Waals surface area contributed by atoms with Crippen molar-refractivity contribution in [3.63, 3.8) is 0 Å². The van der Waals surface area contributed by atoms with E-state index >= 15 is 0 Å². The summed E-state index contributed by atoms with van der Waals surface area (Å²) in [7, 11) is -0.986. The van der Waals surface area contributed by atoms with Crippen LogP contribution in [0.15, 0.2) is 12.1 Å². The van der Waals surface area contributed by atoms with E-state index < -0.39 is 10.8 Å². The number of ketones is 1. The van der Waals surface area contributed by atoms with Crippen LogP contribution < -0.4 is 0 Å². The van der Waals surface area contributed by atoms with Gasteiger partial charge >= 0.3 is 0 Å². The van der Waals surface area contributed by atoms with Crippen molar-refractivity contribution >= 4 is 27.9 Å². The highest BCUT2D eigenvalue weighted by Gasteiger charge is 2.11. The lowest BCUT2D eigenvalue weighted by Gasteiger charge is -1.99. The smallest absolute Gasteiger partial charge is 0.185 e. The Balaban J connectivity index is 2.37. The van der Waals surface area contributed by atoms with E-state index in [4.69, 9.17) is 0 Å². The Morgan fingerprint density at radius 1 is 1.38 bits per heavy atom. The zero-order chi connectivity index (χ0) is 12.0. The Morgan fingerprint density at radius 3 is 2.69 bits per heavy atom. The molecule has 4 heteroatoms. The highest BCUT2D eigenvalue weighted by molar-refractivity contribution is 7.85. The van der Waals surface area contributed by atoms with E-state index in [1.54, 1.807) is 0 Å². The van der Waals surface area contributed by atoms with Crippen LogP contribution in [0.5, 0.6) is 0 Å². The van der Waals surface area contributed by atoms with Crippen molar-refractivity contribution in [3.05, 3.63) is 21.9 Å². The van der Waals surface area contributed by atoms with Crippen molar-refractivity contribution in [2.45, 2.75) is 33.1 Å². The maximum Gasteiger partial charge on any atom is 0.185 e. The van der Waals surface area contributed by atoms with Crippen LogP contribution in [-0.4, -0.2) is 21.5 Å². The molecule has 2 nitrogen and oxygen atoms in total. The van der Waals surface area contributed by atoms with Gasteiger partial charge in [0.1, 0.15) is 0 Å². The third kappa shape index (κ3) is 4.58. The molecule has 0 aliphatic carbocycles. The maximum absolute atomic E-state index is 11.7. The van der Waals surface area contributed by atoms with Gasteiger partial charge in [0.2, 0.25) is 0 Å². The monoisotopic (exact) mass is 258 g/mol. The van der Waals surface area contributed by atoms with Gasteiger partial charge in [-0.1, -0.05) is 19.8 Å². The van der Waals surface area contributed by atoms with Crippen LogP contribution in [0.2, 0.25) is 0 Å². The molecule has 1 heterocycles. The summed E-state index contributed by atoms with van der Waals surface area (Å²) in [5.74, 6) is 0.862. The molecule has 0 spiro atoms. The molecular weight excluding hydrogens is 240 g/mol. The first-order valence-corrected chi connectivity index (χ1v) is 7.88. The van der Waals surface area contributed by atoms with Crippen LogP contribution in [-0.2, 0) is 10.8 Å². The first-order valence-electron chi connectivity index (χ1n) is 5.58. The molecule has 0 aliphatic heterocycles. The molecule has 1 aromatic rings. The number of thiophene rings is 1. The lowest BCUT2D eigenvalue weighted by atomic mass is 10.3. The minimum absolute atomic E-state index is 0.0212. The lowest BCUT2D eigenvalue weighted by molar-refractivity contribution is 0.102. The van der Waals surface area contributed by atoms with Gasteiger partial charge in [-0.25, -0.2) is 0 Å². The largest absolute Gasteiger partial charge is 0.292 e. The van der Waals surface area contributed by atoms with Crippen LogP contribution in [0.3, 0.4) is 0 Å². The third-order valence-electron chi connectivity index (χ3n) is 2.28. The molecule has 0 aromatic carbocycles. The summed E-state index contributed by atoms with van der Waals surface area (Å²) in [6.07, 6.45) is 3.17. The van der Waals surface area contributed by atoms with Gasteiger partial charge in [0, 0.05) is 21.4 Å². The van der Waals surface area contributed by atoms with E-state index in [0.717, 1.165) is 29.0 Å². The van der Waals surface area contributed by atoms with Gasteiger partial charge in [-0.2, -0.15) is 0 Å². The van der Waals surface area contributed by atoms with Crippen molar-refractivity contribution in [1.82, 2.24) is 0 Å². The minimum atomic E-state index is -0.986. The van der Waals surface area contributed by atoms with Crippen LogP contribution in [0.4, 0.5) is 0 Å². The standard InChI is InChI=1S/C12H18O2S2/c1-3-4-5-8-16(14)9-11(13)12-7-6-10(2)15-12/h6-7H,3-5,8-9H2,1-2H3. The average Bonchev–Trinajstić information content (AvgIpc) is 2.65. The van der Waals surface area contributed by atoms with E-state index in [0.29, 0.717) is 5.75 Å². The van der Waals surface area contributed by atoms with Crippen LogP contribution >= 0.6 is 11.3 Å². The van der Waals surface area contributed by atoms with Crippen LogP contribution in [0.25, 0.3) is 0 Å². The molecule has 0 aliphatic rings. The van der Waals surface area contributed by atoms with Gasteiger partial charge in [-0.05, 0) is 25.5 Å². The average molecular weight is 258 g/mol. The van der Waals surface area contributed by atoms with Gasteiger partial charge in [-0.3, -0.25) is 9.00 Å². The molecule has 0 amide bonds. The molecule has 1 rings (SSSR count). The second-order valence-electron chi connectivity index (χ2n) is 3.83. The fraction of sp³-hybridized carbons (Fsp3) is 0.583. The first-order chi connectivity index (χ1) is 7.63. The topological polar surface area (TPSA) is 34.1 Å². The minimum Gasteiger partial charge on any atom is -0.292 e. The SMILES string of the molecule is CCCCCS(=O)CC(=O)c1ccc(C)s1. The first kappa shape index (κ1) is 13.6. The summed E-state index contributed by atoms with van der Waals surface area (Å²) in [4.78, 5) is 13.6. The molecule has 0 radical (unpaired) electrons. The Morgan fingerprint density at radius 2 is 2.12 bits per heavy atom. The highest BCUT2D eigenvalue weighted by atomic mass is 32.2. The summed E-state index contributed by atoms with van der Waals surface area (Å²) < 4.78 is 11.6. The molecule has 1 atom stereocenters. The number of carbonyl (C=O) groups is 1. The fourth-order valence-corrected chi connectivity index (χ4v) is 3.40. The quantitative estimate of drug-likeness (QED) is 0.556. The second-order valence-corrected chi connectivity index (χ2v) is 6.69. The van der Waals surface area contributed by atoms with E-state index in [1.165, 1.54) is 11.3 Å². The number of Topliss-reactive ketones (excluding diaryl/α,β-unsaturated/α-hetero) is 1. The van der Waals surface area contributed by atoms with Gasteiger partial charge < -0.3 is 0 Å². The van der Waals surface area contributed by atoms with E-state index in [2.05, 4.69) is 6.92 Å². The lowest BCUT2D eigenvalue weighted by Crippen LogP contribution is -2.12. The summed E-state index contributed by atoms with van der Waals surface area (Å²) in [5, 5.41) is 0. The molecule has 0 bridgehead atoms. The van der Waals surface area contributed by atoms with Gasteiger partial charge in [0.05, 0.1) is 10.6 Å². The van der Waals surface area contributed by atoms with Gasteiger partial charge in [0.25, 0.3) is 0 Å². The van der Waals surface area contributed by atoms with Crippen molar-refractivity contribution in [1.29, 1.82) is 0 Å². The van der Waals surface area contributed by atoms with Crippen molar-refractivity contribution in [3.8, 4) is 0 Å². The van der Waals surface area contributed by atoms with Crippen molar-refractivity contribution in [2.75, 3.05) is 11.5 Å². The summed E-state index contributed by atoms with van der Waals surface area (Å²) in [6, 6.07) is 3.75. The number of hydrogen-bond donors (Lipinski definition) is 0. The van der Waals surface area contributed by atoms with E-state index in [9.17, 15) is 9.00 Å². The van der Waals surface area contributed by atoms with Crippen molar-refractivity contribution in [2.24, 2.45) is 0 Å². The Labute approximate surface area is 104 Å². The van der Waals surface area contributed by atoms with Crippen molar-refractivity contribution < 1.29 is 9.00 Å². The molecule has 0 N–H and O–H groups in total. The Hall–Kier alpha value is -0.480. The zero-order valence-corrected chi connectivity index (χ0v) is 11.5. The highest BCUT2D eigenvalue weighted by Crippen LogP contribution is 2.16. The third-order valence-corrected chi connectivity index (χ3v) is 4.65.